The maximum Gasteiger partial charge on any atom is 0.253 e. The van der Waals surface area contributed by atoms with Gasteiger partial charge in [-0.05, 0) is 24.7 Å². The van der Waals surface area contributed by atoms with Gasteiger partial charge in [-0.1, -0.05) is 6.07 Å². The number of nitrogens with one attached hydrogen (secondary N) is 1. The third-order valence-corrected chi connectivity index (χ3v) is 2.86. The van der Waals surface area contributed by atoms with E-state index in [9.17, 15) is 4.79 Å². The largest absolute Gasteiger partial charge is 0.496 e. The molecule has 100 valence electrons. The zero-order chi connectivity index (χ0) is 13.7. The minimum atomic E-state index is -0.0731. The minimum Gasteiger partial charge on any atom is -0.496 e. The third-order valence-electron chi connectivity index (χ3n) is 2.86. The van der Waals surface area contributed by atoms with Crippen LogP contribution >= 0.6 is 0 Å². The van der Waals surface area contributed by atoms with Gasteiger partial charge in [-0.15, -0.1) is 0 Å². The molecule has 1 N–H and O–H groups in total. The number of ether oxygens (including phenoxy) is 1. The van der Waals surface area contributed by atoms with Crippen molar-refractivity contribution in [3.8, 4) is 5.75 Å². The lowest BCUT2D eigenvalue weighted by Crippen LogP contribution is -2.19. The van der Waals surface area contributed by atoms with Gasteiger partial charge in [-0.3, -0.25) is 9.36 Å². The molecule has 19 heavy (non-hydrogen) atoms. The van der Waals surface area contributed by atoms with Crippen molar-refractivity contribution in [1.29, 1.82) is 0 Å². The van der Waals surface area contributed by atoms with Crippen molar-refractivity contribution in [2.75, 3.05) is 14.2 Å². The second kappa shape index (κ2) is 6.15. The molecule has 0 bridgehead atoms. The molecule has 5 heteroatoms. The molecule has 1 aromatic heterocycles. The summed E-state index contributed by atoms with van der Waals surface area (Å²) in [6, 6.07) is 7.41. The summed E-state index contributed by atoms with van der Waals surface area (Å²) >= 11 is 0. The van der Waals surface area contributed by atoms with Crippen LogP contribution in [0.25, 0.3) is 0 Å². The summed E-state index contributed by atoms with van der Waals surface area (Å²) in [6.07, 6.45) is 3.03. The number of nitrogens with zero attached hydrogens (tertiary/aromatic N) is 2. The van der Waals surface area contributed by atoms with Gasteiger partial charge in [0, 0.05) is 24.4 Å². The Kier molecular flexibility index (Phi) is 4.30. The molecule has 2 rings (SSSR count). The monoisotopic (exact) mass is 259 g/mol. The lowest BCUT2D eigenvalue weighted by Gasteiger charge is -2.12. The van der Waals surface area contributed by atoms with Gasteiger partial charge < -0.3 is 10.1 Å². The highest BCUT2D eigenvalue weighted by atomic mass is 16.5. The number of aromatic nitrogens is 2. The molecular weight excluding hydrogens is 242 g/mol. The second-order valence-electron chi connectivity index (χ2n) is 4.22. The summed E-state index contributed by atoms with van der Waals surface area (Å²) in [6.45, 7) is 1.23. The summed E-state index contributed by atoms with van der Waals surface area (Å²) in [7, 11) is 3.53. The van der Waals surface area contributed by atoms with E-state index in [0.29, 0.717) is 6.54 Å². The van der Waals surface area contributed by atoms with Crippen LogP contribution in [0, 0.1) is 0 Å². The molecule has 0 aliphatic rings. The molecule has 5 nitrogen and oxygen atoms in total. The normalized spacial score (nSPS) is 10.4. The Morgan fingerprint density at radius 2 is 2.21 bits per heavy atom. The van der Waals surface area contributed by atoms with Crippen LogP contribution in [0.15, 0.2) is 41.6 Å². The van der Waals surface area contributed by atoms with Gasteiger partial charge in [-0.2, -0.15) is 0 Å². The maximum absolute atomic E-state index is 11.7. The van der Waals surface area contributed by atoms with Gasteiger partial charge in [0.1, 0.15) is 5.75 Å². The molecular formula is C14H17N3O2. The Bertz CT molecular complexity index is 608. The summed E-state index contributed by atoms with van der Waals surface area (Å²) < 4.78 is 6.89. The van der Waals surface area contributed by atoms with Gasteiger partial charge in [0.2, 0.25) is 0 Å². The number of hydrogen-bond donors (Lipinski definition) is 1. The Balaban J connectivity index is 2.34. The van der Waals surface area contributed by atoms with Crippen LogP contribution in [0.3, 0.4) is 0 Å². The highest BCUT2D eigenvalue weighted by Crippen LogP contribution is 2.20. The van der Waals surface area contributed by atoms with Gasteiger partial charge in [0.05, 0.1) is 20.0 Å². The van der Waals surface area contributed by atoms with Gasteiger partial charge in [0.25, 0.3) is 5.56 Å². The molecule has 1 heterocycles. The fourth-order valence-electron chi connectivity index (χ4n) is 1.95. The Hall–Kier alpha value is -2.14. The standard InChI is InChI=1S/C14H17N3O2/c1-15-8-11-3-4-13(19-2)12(7-11)9-17-10-16-6-5-14(17)18/h3-7,10,15H,8-9H2,1-2H3. The van der Waals surface area contributed by atoms with E-state index in [1.165, 1.54) is 18.6 Å². The molecule has 0 fully saturated rings. The zero-order valence-electron chi connectivity index (χ0n) is 11.1. The fourth-order valence-corrected chi connectivity index (χ4v) is 1.95. The SMILES string of the molecule is CNCc1ccc(OC)c(Cn2cnccc2=O)c1. The second-order valence-corrected chi connectivity index (χ2v) is 4.22. The Morgan fingerprint density at radius 3 is 2.89 bits per heavy atom. The molecule has 0 radical (unpaired) electrons. The Morgan fingerprint density at radius 1 is 1.37 bits per heavy atom. The molecule has 0 spiro atoms. The molecule has 0 aliphatic heterocycles. The van der Waals surface area contributed by atoms with Gasteiger partial charge in [0.15, 0.2) is 0 Å². The number of benzene rings is 1. The summed E-state index contributed by atoms with van der Waals surface area (Å²) in [4.78, 5) is 15.7. The fraction of sp³-hybridized carbons (Fsp3) is 0.286. The summed E-state index contributed by atoms with van der Waals surface area (Å²) in [5.74, 6) is 0.774. The van der Waals surface area contributed by atoms with Crippen molar-refractivity contribution in [2.24, 2.45) is 0 Å². The molecule has 0 saturated carbocycles. The highest BCUT2D eigenvalue weighted by Gasteiger charge is 2.06. The number of hydrogen-bond acceptors (Lipinski definition) is 4. The molecule has 0 unspecified atom stereocenters. The third kappa shape index (κ3) is 3.20. The van der Waals surface area contributed by atoms with Crippen LogP contribution < -0.4 is 15.6 Å². The minimum absolute atomic E-state index is 0.0731. The summed E-state index contributed by atoms with van der Waals surface area (Å²) in [5.41, 5.74) is 2.04. The summed E-state index contributed by atoms with van der Waals surface area (Å²) in [5, 5.41) is 3.10. The number of rotatable bonds is 5. The van der Waals surface area contributed by atoms with Crippen LogP contribution in [0.5, 0.6) is 5.75 Å². The van der Waals surface area contributed by atoms with Crippen molar-refractivity contribution in [3.63, 3.8) is 0 Å². The smallest absolute Gasteiger partial charge is 0.253 e. The molecule has 0 aliphatic carbocycles. The quantitative estimate of drug-likeness (QED) is 0.871. The lowest BCUT2D eigenvalue weighted by molar-refractivity contribution is 0.407. The van der Waals surface area contributed by atoms with Crippen molar-refractivity contribution in [3.05, 3.63) is 58.3 Å². The van der Waals surface area contributed by atoms with E-state index in [-0.39, 0.29) is 5.56 Å². The average Bonchev–Trinajstić information content (AvgIpc) is 2.42. The van der Waals surface area contributed by atoms with Crippen molar-refractivity contribution in [2.45, 2.75) is 13.1 Å². The first kappa shape index (κ1) is 13.3. The maximum atomic E-state index is 11.7. The van der Waals surface area contributed by atoms with Gasteiger partial charge in [-0.25, -0.2) is 4.98 Å². The number of methoxy groups -OCH3 is 1. The van der Waals surface area contributed by atoms with Crippen molar-refractivity contribution < 1.29 is 4.74 Å². The lowest BCUT2D eigenvalue weighted by atomic mass is 10.1. The van der Waals surface area contributed by atoms with Crippen molar-refractivity contribution >= 4 is 0 Å². The molecule has 1 aromatic carbocycles. The first-order valence-corrected chi connectivity index (χ1v) is 6.05. The van der Waals surface area contributed by atoms with Crippen LogP contribution in [0.1, 0.15) is 11.1 Å². The topological polar surface area (TPSA) is 56.1 Å². The first-order valence-electron chi connectivity index (χ1n) is 6.05. The van der Waals surface area contributed by atoms with E-state index in [1.807, 2.05) is 25.2 Å². The van der Waals surface area contributed by atoms with E-state index >= 15 is 0 Å². The van der Waals surface area contributed by atoms with E-state index in [2.05, 4.69) is 10.3 Å². The highest BCUT2D eigenvalue weighted by molar-refractivity contribution is 5.37. The van der Waals surface area contributed by atoms with Crippen LogP contribution in [-0.4, -0.2) is 23.7 Å². The zero-order valence-corrected chi connectivity index (χ0v) is 11.1. The van der Waals surface area contributed by atoms with E-state index in [0.717, 1.165) is 23.4 Å². The average molecular weight is 259 g/mol. The van der Waals surface area contributed by atoms with Crippen LogP contribution in [-0.2, 0) is 13.1 Å². The molecule has 0 amide bonds. The predicted molar refractivity (Wildman–Crippen MR) is 73.4 cm³/mol. The first-order chi connectivity index (χ1) is 9.24. The van der Waals surface area contributed by atoms with E-state index in [1.54, 1.807) is 11.7 Å². The van der Waals surface area contributed by atoms with Gasteiger partial charge >= 0.3 is 0 Å². The van der Waals surface area contributed by atoms with E-state index < -0.39 is 0 Å². The van der Waals surface area contributed by atoms with Crippen LogP contribution in [0.4, 0.5) is 0 Å². The van der Waals surface area contributed by atoms with Crippen molar-refractivity contribution in [1.82, 2.24) is 14.9 Å². The van der Waals surface area contributed by atoms with Crippen LogP contribution in [0.2, 0.25) is 0 Å². The molecule has 0 atom stereocenters. The molecule has 0 saturated heterocycles. The van der Waals surface area contributed by atoms with E-state index in [4.69, 9.17) is 4.74 Å². The predicted octanol–water partition coefficient (Wildman–Crippen LogP) is 1.02. The molecule has 2 aromatic rings. The Labute approximate surface area is 111 Å².